The summed E-state index contributed by atoms with van der Waals surface area (Å²) in [7, 11) is -2.68. The molecule has 0 spiro atoms. The number of pyridine rings is 1. The van der Waals surface area contributed by atoms with Gasteiger partial charge >= 0.3 is 0 Å². The predicted molar refractivity (Wildman–Crippen MR) is 83.8 cm³/mol. The number of nitrogens with zero attached hydrogens (tertiary/aromatic N) is 1. The van der Waals surface area contributed by atoms with Crippen LogP contribution in [0.3, 0.4) is 0 Å². The molecular weight excluding hydrogens is 307 g/mol. The van der Waals surface area contributed by atoms with E-state index in [2.05, 4.69) is 4.98 Å². The molecule has 0 radical (unpaired) electrons. The van der Waals surface area contributed by atoms with Crippen LogP contribution < -0.4 is 10.0 Å². The van der Waals surface area contributed by atoms with Gasteiger partial charge in [-0.05, 0) is 43.0 Å². The highest BCUT2D eigenvalue weighted by atomic mass is 31.2. The first-order valence-corrected chi connectivity index (χ1v) is 9.46. The van der Waals surface area contributed by atoms with Crippen molar-refractivity contribution in [2.45, 2.75) is 19.8 Å². The van der Waals surface area contributed by atoms with Gasteiger partial charge < -0.3 is 9.30 Å². The topological polar surface area (TPSA) is 39.2 Å². The van der Waals surface area contributed by atoms with Gasteiger partial charge in [0.1, 0.15) is 12.9 Å². The molecule has 118 valence electrons. The second-order valence-electron chi connectivity index (χ2n) is 5.76. The van der Waals surface area contributed by atoms with Gasteiger partial charge in [0, 0.05) is 12.4 Å². The first kappa shape index (κ1) is 16.6. The summed E-state index contributed by atoms with van der Waals surface area (Å²) >= 11 is 0. The van der Waals surface area contributed by atoms with Gasteiger partial charge in [0.2, 0.25) is 0 Å². The number of ether oxygens (including phenoxy) is 1. The third kappa shape index (κ3) is 3.53. The average Bonchev–Trinajstić information content (AvgIpc) is 2.41. The maximum absolute atomic E-state index is 14.1. The van der Waals surface area contributed by atoms with Gasteiger partial charge in [-0.3, -0.25) is 4.98 Å². The van der Waals surface area contributed by atoms with Crippen molar-refractivity contribution in [2.75, 3.05) is 13.3 Å². The van der Waals surface area contributed by atoms with Crippen LogP contribution in [0.4, 0.5) is 8.78 Å². The quantitative estimate of drug-likeness (QED) is 0.776. The van der Waals surface area contributed by atoms with Crippen LogP contribution in [-0.4, -0.2) is 18.3 Å². The monoisotopic (exact) mass is 325 g/mol. The van der Waals surface area contributed by atoms with Gasteiger partial charge in [0.05, 0.1) is 5.30 Å². The Morgan fingerprint density at radius 3 is 2.27 bits per heavy atom. The van der Waals surface area contributed by atoms with E-state index in [4.69, 9.17) is 4.74 Å². The van der Waals surface area contributed by atoms with Crippen LogP contribution in [0.25, 0.3) is 0 Å². The van der Waals surface area contributed by atoms with Crippen LogP contribution in [0, 0.1) is 11.6 Å². The first-order valence-electron chi connectivity index (χ1n) is 6.86. The van der Waals surface area contributed by atoms with Crippen molar-refractivity contribution in [2.24, 2.45) is 0 Å². The zero-order chi connectivity index (χ0) is 16.5. The lowest BCUT2D eigenvalue weighted by atomic mass is 10.0. The van der Waals surface area contributed by atoms with Gasteiger partial charge in [-0.25, -0.2) is 8.78 Å². The number of rotatable bonds is 4. The van der Waals surface area contributed by atoms with Crippen LogP contribution in [0.1, 0.15) is 25.3 Å². The minimum atomic E-state index is -2.68. The van der Waals surface area contributed by atoms with E-state index in [0.29, 0.717) is 10.9 Å². The van der Waals surface area contributed by atoms with E-state index >= 15 is 0 Å². The molecular formula is C16H18F2NO2P. The van der Waals surface area contributed by atoms with Crippen molar-refractivity contribution in [3.8, 4) is 11.5 Å². The van der Waals surface area contributed by atoms with Gasteiger partial charge in [0.25, 0.3) is 0 Å². The highest BCUT2D eigenvalue weighted by molar-refractivity contribution is 7.70. The van der Waals surface area contributed by atoms with Crippen molar-refractivity contribution >= 4 is 12.4 Å². The summed E-state index contributed by atoms with van der Waals surface area (Å²) in [6.07, 6.45) is 2.82. The first-order chi connectivity index (χ1) is 10.2. The summed E-state index contributed by atoms with van der Waals surface area (Å²) in [5, 5.41) is 0.349. The molecule has 1 aromatic carbocycles. The highest BCUT2D eigenvalue weighted by Gasteiger charge is 2.21. The molecule has 1 heterocycles. The van der Waals surface area contributed by atoms with E-state index in [1.807, 2.05) is 13.8 Å². The standard InChI is InChI=1S/C16H18F2NO2P/c1-10(2)11-7-12(17)16(13(18)8-11)21-14-5-6-19-9-15(14)22(3,4)20/h5-10H,1-4H3. The lowest BCUT2D eigenvalue weighted by Crippen LogP contribution is -2.09. The molecule has 2 aromatic rings. The molecule has 22 heavy (non-hydrogen) atoms. The number of hydrogen-bond acceptors (Lipinski definition) is 3. The van der Waals surface area contributed by atoms with Crippen LogP contribution in [0.2, 0.25) is 0 Å². The third-order valence-electron chi connectivity index (χ3n) is 3.24. The Kier molecular flexibility index (Phi) is 4.66. The molecule has 0 saturated carbocycles. The predicted octanol–water partition coefficient (Wildman–Crippen LogP) is 4.52. The molecule has 0 aliphatic carbocycles. The third-order valence-corrected chi connectivity index (χ3v) is 4.74. The van der Waals surface area contributed by atoms with Gasteiger partial charge in [-0.2, -0.15) is 0 Å². The second-order valence-corrected chi connectivity index (χ2v) is 8.95. The summed E-state index contributed by atoms with van der Waals surface area (Å²) in [6.45, 7) is 6.79. The Hall–Kier alpha value is -1.74. The summed E-state index contributed by atoms with van der Waals surface area (Å²) < 4.78 is 45.9. The Labute approximate surface area is 128 Å². The maximum Gasteiger partial charge on any atom is 0.198 e. The molecule has 0 bridgehead atoms. The Balaban J connectivity index is 2.47. The van der Waals surface area contributed by atoms with Crippen molar-refractivity contribution < 1.29 is 18.1 Å². The zero-order valence-electron chi connectivity index (χ0n) is 12.9. The Morgan fingerprint density at radius 1 is 1.18 bits per heavy atom. The second kappa shape index (κ2) is 6.17. The number of aromatic nitrogens is 1. The molecule has 0 saturated heterocycles. The fraction of sp³-hybridized carbons (Fsp3) is 0.312. The number of benzene rings is 1. The van der Waals surface area contributed by atoms with Gasteiger partial charge in [-0.15, -0.1) is 0 Å². The largest absolute Gasteiger partial charge is 0.450 e. The molecule has 0 aliphatic heterocycles. The average molecular weight is 325 g/mol. The fourth-order valence-corrected chi connectivity index (χ4v) is 2.98. The molecule has 0 unspecified atom stereocenters. The maximum atomic E-state index is 14.1. The van der Waals surface area contributed by atoms with E-state index in [-0.39, 0.29) is 11.7 Å². The molecule has 6 heteroatoms. The minimum absolute atomic E-state index is 0.000960. The smallest absolute Gasteiger partial charge is 0.198 e. The Bertz CT molecular complexity index is 718. The van der Waals surface area contributed by atoms with Crippen LogP contribution >= 0.6 is 7.14 Å². The summed E-state index contributed by atoms with van der Waals surface area (Å²) in [5.74, 6) is -1.91. The van der Waals surface area contributed by atoms with Crippen molar-refractivity contribution in [3.05, 3.63) is 47.8 Å². The lowest BCUT2D eigenvalue weighted by molar-refractivity contribution is 0.407. The van der Waals surface area contributed by atoms with Crippen LogP contribution in [0.5, 0.6) is 11.5 Å². The summed E-state index contributed by atoms with van der Waals surface area (Å²) in [5.41, 5.74) is 0.550. The SMILES string of the molecule is CC(C)c1cc(F)c(Oc2ccncc2P(C)(C)=O)c(F)c1. The molecule has 0 amide bonds. The van der Waals surface area contributed by atoms with E-state index in [1.165, 1.54) is 30.6 Å². The number of hydrogen-bond donors (Lipinski definition) is 0. The molecule has 0 aliphatic rings. The van der Waals surface area contributed by atoms with Crippen molar-refractivity contribution in [1.82, 2.24) is 4.98 Å². The van der Waals surface area contributed by atoms with Gasteiger partial charge in [0.15, 0.2) is 17.4 Å². The summed E-state index contributed by atoms with van der Waals surface area (Å²) in [6, 6.07) is 3.95. The van der Waals surface area contributed by atoms with Crippen LogP contribution in [0.15, 0.2) is 30.6 Å². The van der Waals surface area contributed by atoms with Crippen molar-refractivity contribution in [1.29, 1.82) is 0 Å². The molecule has 3 nitrogen and oxygen atoms in total. The highest BCUT2D eigenvalue weighted by Crippen LogP contribution is 2.40. The molecule has 2 rings (SSSR count). The Morgan fingerprint density at radius 2 is 1.77 bits per heavy atom. The molecule has 1 aromatic heterocycles. The van der Waals surface area contributed by atoms with E-state index in [0.717, 1.165) is 0 Å². The van der Waals surface area contributed by atoms with Crippen LogP contribution in [-0.2, 0) is 4.57 Å². The van der Waals surface area contributed by atoms with E-state index in [9.17, 15) is 13.3 Å². The van der Waals surface area contributed by atoms with Crippen molar-refractivity contribution in [3.63, 3.8) is 0 Å². The molecule has 0 atom stereocenters. The van der Waals surface area contributed by atoms with Gasteiger partial charge in [-0.1, -0.05) is 13.8 Å². The minimum Gasteiger partial charge on any atom is -0.450 e. The fourth-order valence-electron chi connectivity index (χ4n) is 1.98. The zero-order valence-corrected chi connectivity index (χ0v) is 13.8. The number of halogens is 2. The molecule has 0 N–H and O–H groups in total. The van der Waals surface area contributed by atoms with E-state index < -0.39 is 24.5 Å². The lowest BCUT2D eigenvalue weighted by Gasteiger charge is -2.15. The molecule has 0 fully saturated rings. The normalized spacial score (nSPS) is 11.8. The summed E-state index contributed by atoms with van der Waals surface area (Å²) in [4.78, 5) is 3.90. The van der Waals surface area contributed by atoms with E-state index in [1.54, 1.807) is 13.3 Å².